The SMILES string of the molecule is CCCCCCCCCCCCCCC(=O)N[C@@H](Cc1ccccc1)C(=O)O. The zero-order valence-corrected chi connectivity index (χ0v) is 17.6. The van der Waals surface area contributed by atoms with Gasteiger partial charge in [0.2, 0.25) is 5.91 Å². The van der Waals surface area contributed by atoms with Gasteiger partial charge >= 0.3 is 5.97 Å². The van der Waals surface area contributed by atoms with Crippen LogP contribution >= 0.6 is 0 Å². The maximum Gasteiger partial charge on any atom is 0.326 e. The number of nitrogens with one attached hydrogen (secondary N) is 1. The highest BCUT2D eigenvalue weighted by Crippen LogP contribution is 2.12. The van der Waals surface area contributed by atoms with Gasteiger partial charge in [-0.1, -0.05) is 108 Å². The first kappa shape index (κ1) is 24.2. The molecular formula is C24H39NO3. The quantitative estimate of drug-likeness (QED) is 0.326. The molecule has 1 rings (SSSR count). The Kier molecular flexibility index (Phi) is 14.0. The van der Waals surface area contributed by atoms with Gasteiger partial charge in [-0.3, -0.25) is 4.79 Å². The average molecular weight is 390 g/mol. The van der Waals surface area contributed by atoms with Gasteiger partial charge in [0.25, 0.3) is 0 Å². The first-order chi connectivity index (χ1) is 13.6. The van der Waals surface area contributed by atoms with Crippen LogP contribution in [0.5, 0.6) is 0 Å². The summed E-state index contributed by atoms with van der Waals surface area (Å²) in [6.45, 7) is 2.25. The number of carboxylic acids is 1. The molecule has 0 heterocycles. The van der Waals surface area contributed by atoms with E-state index in [9.17, 15) is 14.7 Å². The Hall–Kier alpha value is -1.84. The van der Waals surface area contributed by atoms with Gasteiger partial charge in [0.05, 0.1) is 0 Å². The monoisotopic (exact) mass is 389 g/mol. The smallest absolute Gasteiger partial charge is 0.326 e. The standard InChI is InChI=1S/C24H39NO3/c1-2-3-4-5-6-7-8-9-10-11-12-16-19-23(26)25-22(24(27)28)20-21-17-14-13-15-18-21/h13-15,17-18,22H,2-12,16,19-20H2,1H3,(H,25,26)(H,27,28)/t22-/m0/s1. The van der Waals surface area contributed by atoms with E-state index >= 15 is 0 Å². The highest BCUT2D eigenvalue weighted by atomic mass is 16.4. The molecular weight excluding hydrogens is 350 g/mol. The average Bonchev–Trinajstić information content (AvgIpc) is 2.69. The van der Waals surface area contributed by atoms with Gasteiger partial charge in [0, 0.05) is 12.8 Å². The number of carbonyl (C=O) groups is 2. The van der Waals surface area contributed by atoms with Crippen LogP contribution in [0.25, 0.3) is 0 Å². The topological polar surface area (TPSA) is 66.4 Å². The Labute approximate surface area is 171 Å². The van der Waals surface area contributed by atoms with Crippen molar-refractivity contribution in [3.05, 3.63) is 35.9 Å². The number of hydrogen-bond acceptors (Lipinski definition) is 2. The molecule has 1 aromatic carbocycles. The van der Waals surface area contributed by atoms with Crippen molar-refractivity contribution in [2.24, 2.45) is 0 Å². The predicted octanol–water partition coefficient (Wildman–Crippen LogP) is 5.89. The van der Waals surface area contributed by atoms with Crippen LogP contribution in [-0.2, 0) is 16.0 Å². The van der Waals surface area contributed by atoms with Gasteiger partial charge in [-0.25, -0.2) is 4.79 Å². The summed E-state index contributed by atoms with van der Waals surface area (Å²) < 4.78 is 0. The lowest BCUT2D eigenvalue weighted by molar-refractivity contribution is -0.141. The molecule has 0 fully saturated rings. The zero-order valence-electron chi connectivity index (χ0n) is 17.6. The first-order valence-electron chi connectivity index (χ1n) is 11.2. The molecule has 0 bridgehead atoms. The third-order valence-electron chi connectivity index (χ3n) is 5.17. The molecule has 1 atom stereocenters. The summed E-state index contributed by atoms with van der Waals surface area (Å²) in [5.74, 6) is -1.14. The van der Waals surface area contributed by atoms with E-state index in [0.717, 1.165) is 24.8 Å². The summed E-state index contributed by atoms with van der Waals surface area (Å²) in [5.41, 5.74) is 0.917. The normalized spacial score (nSPS) is 11.9. The van der Waals surface area contributed by atoms with Crippen LogP contribution in [0.2, 0.25) is 0 Å². The molecule has 4 nitrogen and oxygen atoms in total. The van der Waals surface area contributed by atoms with Crippen molar-refractivity contribution in [1.29, 1.82) is 0 Å². The molecule has 0 aliphatic carbocycles. The van der Waals surface area contributed by atoms with Crippen LogP contribution in [0, 0.1) is 0 Å². The van der Waals surface area contributed by atoms with Crippen molar-refractivity contribution in [3.8, 4) is 0 Å². The predicted molar refractivity (Wildman–Crippen MR) is 115 cm³/mol. The van der Waals surface area contributed by atoms with E-state index < -0.39 is 12.0 Å². The molecule has 0 saturated heterocycles. The lowest BCUT2D eigenvalue weighted by atomic mass is 10.0. The van der Waals surface area contributed by atoms with Crippen molar-refractivity contribution < 1.29 is 14.7 Å². The Morgan fingerprint density at radius 2 is 1.32 bits per heavy atom. The molecule has 0 aliphatic heterocycles. The van der Waals surface area contributed by atoms with E-state index in [2.05, 4.69) is 12.2 Å². The molecule has 0 saturated carbocycles. The number of rotatable bonds is 17. The second-order valence-electron chi connectivity index (χ2n) is 7.79. The van der Waals surface area contributed by atoms with E-state index in [0.29, 0.717) is 12.8 Å². The van der Waals surface area contributed by atoms with Crippen molar-refractivity contribution in [1.82, 2.24) is 5.32 Å². The van der Waals surface area contributed by atoms with Crippen molar-refractivity contribution in [2.45, 2.75) is 103 Å². The van der Waals surface area contributed by atoms with Gasteiger partial charge in [-0.15, -0.1) is 0 Å². The van der Waals surface area contributed by atoms with Gasteiger partial charge in [-0.05, 0) is 12.0 Å². The molecule has 158 valence electrons. The van der Waals surface area contributed by atoms with Gasteiger partial charge in [0.1, 0.15) is 6.04 Å². The second-order valence-corrected chi connectivity index (χ2v) is 7.79. The fourth-order valence-electron chi connectivity index (χ4n) is 3.44. The third kappa shape index (κ3) is 12.5. The van der Waals surface area contributed by atoms with Crippen LogP contribution in [0.15, 0.2) is 30.3 Å². The van der Waals surface area contributed by atoms with Crippen LogP contribution in [0.4, 0.5) is 0 Å². The molecule has 0 unspecified atom stereocenters. The number of unbranched alkanes of at least 4 members (excludes halogenated alkanes) is 11. The lowest BCUT2D eigenvalue weighted by Gasteiger charge is -2.14. The van der Waals surface area contributed by atoms with Crippen molar-refractivity contribution in [3.63, 3.8) is 0 Å². The number of hydrogen-bond donors (Lipinski definition) is 2. The van der Waals surface area contributed by atoms with E-state index in [1.807, 2.05) is 30.3 Å². The summed E-state index contributed by atoms with van der Waals surface area (Å²) in [5, 5.41) is 12.0. The van der Waals surface area contributed by atoms with E-state index in [1.165, 1.54) is 57.8 Å². The maximum absolute atomic E-state index is 12.1. The maximum atomic E-state index is 12.1. The summed E-state index contributed by atoms with van der Waals surface area (Å²) in [6, 6.07) is 8.56. The fourth-order valence-corrected chi connectivity index (χ4v) is 3.44. The summed E-state index contributed by atoms with van der Waals surface area (Å²) >= 11 is 0. The van der Waals surface area contributed by atoms with E-state index in [1.54, 1.807) is 0 Å². The molecule has 0 radical (unpaired) electrons. The van der Waals surface area contributed by atoms with Crippen LogP contribution in [0.3, 0.4) is 0 Å². The second kappa shape index (κ2) is 16.1. The van der Waals surface area contributed by atoms with Crippen molar-refractivity contribution >= 4 is 11.9 Å². The number of amides is 1. The van der Waals surface area contributed by atoms with Gasteiger partial charge in [0.15, 0.2) is 0 Å². The van der Waals surface area contributed by atoms with Gasteiger partial charge in [-0.2, -0.15) is 0 Å². The highest BCUT2D eigenvalue weighted by molar-refractivity contribution is 5.83. The van der Waals surface area contributed by atoms with E-state index in [-0.39, 0.29) is 5.91 Å². The minimum Gasteiger partial charge on any atom is -0.480 e. The summed E-state index contributed by atoms with van der Waals surface area (Å²) in [6.07, 6.45) is 15.8. The Balaban J connectivity index is 2.04. The Bertz CT molecular complexity index is 530. The molecule has 0 spiro atoms. The van der Waals surface area contributed by atoms with Crippen LogP contribution in [0.1, 0.15) is 96.0 Å². The molecule has 1 amide bonds. The first-order valence-corrected chi connectivity index (χ1v) is 11.2. The summed E-state index contributed by atoms with van der Waals surface area (Å²) in [7, 11) is 0. The lowest BCUT2D eigenvalue weighted by Crippen LogP contribution is -2.42. The van der Waals surface area contributed by atoms with E-state index in [4.69, 9.17) is 0 Å². The minimum absolute atomic E-state index is 0.157. The molecule has 4 heteroatoms. The zero-order chi connectivity index (χ0) is 20.5. The molecule has 2 N–H and O–H groups in total. The number of carboxylic acid groups (broad SMARTS) is 1. The number of aliphatic carboxylic acids is 1. The summed E-state index contributed by atoms with van der Waals surface area (Å²) in [4.78, 5) is 23.5. The van der Waals surface area contributed by atoms with Crippen molar-refractivity contribution in [2.75, 3.05) is 0 Å². The molecule has 28 heavy (non-hydrogen) atoms. The third-order valence-corrected chi connectivity index (χ3v) is 5.17. The molecule has 1 aromatic rings. The number of carbonyl (C=O) groups excluding carboxylic acids is 1. The molecule has 0 aromatic heterocycles. The largest absolute Gasteiger partial charge is 0.480 e. The highest BCUT2D eigenvalue weighted by Gasteiger charge is 2.19. The number of benzene rings is 1. The fraction of sp³-hybridized carbons (Fsp3) is 0.667. The van der Waals surface area contributed by atoms with Crippen LogP contribution in [-0.4, -0.2) is 23.0 Å². The van der Waals surface area contributed by atoms with Crippen LogP contribution < -0.4 is 5.32 Å². The molecule has 0 aliphatic rings. The Morgan fingerprint density at radius 1 is 0.821 bits per heavy atom. The minimum atomic E-state index is -0.980. The van der Waals surface area contributed by atoms with Gasteiger partial charge < -0.3 is 10.4 Å². The Morgan fingerprint density at radius 3 is 1.82 bits per heavy atom.